The Balaban J connectivity index is 2.31. The van der Waals surface area contributed by atoms with Crippen LogP contribution in [0.25, 0.3) is 0 Å². The van der Waals surface area contributed by atoms with Crippen LogP contribution < -0.4 is 10.6 Å². The van der Waals surface area contributed by atoms with Crippen molar-refractivity contribution >= 4 is 5.91 Å². The molecule has 20 heavy (non-hydrogen) atoms. The number of nitrogens with zero attached hydrogens (tertiary/aromatic N) is 1. The smallest absolute Gasteiger partial charge is 0.234 e. The van der Waals surface area contributed by atoms with Crippen molar-refractivity contribution in [1.29, 1.82) is 0 Å². The van der Waals surface area contributed by atoms with Gasteiger partial charge in [-0.05, 0) is 45.6 Å². The molecule has 4 heteroatoms. The molecule has 0 spiro atoms. The molecule has 1 unspecified atom stereocenters. The number of carbonyl (C=O) groups is 1. The molecule has 1 saturated heterocycles. The van der Waals surface area contributed by atoms with E-state index in [0.717, 1.165) is 26.1 Å². The van der Waals surface area contributed by atoms with E-state index in [1.807, 2.05) is 0 Å². The first-order valence-electron chi connectivity index (χ1n) is 8.23. The molecule has 1 aliphatic heterocycles. The summed E-state index contributed by atoms with van der Waals surface area (Å²) in [6, 6.07) is 0.962. The van der Waals surface area contributed by atoms with E-state index < -0.39 is 0 Å². The molecule has 1 fully saturated rings. The van der Waals surface area contributed by atoms with Gasteiger partial charge in [-0.3, -0.25) is 9.69 Å². The topological polar surface area (TPSA) is 44.4 Å². The average molecular weight is 283 g/mol. The first kappa shape index (κ1) is 17.4. The maximum atomic E-state index is 12.0. The normalized spacial score (nSPS) is 19.9. The zero-order valence-electron chi connectivity index (χ0n) is 13.7. The van der Waals surface area contributed by atoms with E-state index in [1.165, 1.54) is 19.3 Å². The van der Waals surface area contributed by atoms with Crippen LogP contribution in [-0.2, 0) is 4.79 Å². The molecule has 1 rings (SSSR count). The van der Waals surface area contributed by atoms with Crippen LogP contribution in [0, 0.1) is 5.92 Å². The molecule has 0 radical (unpaired) electrons. The van der Waals surface area contributed by atoms with Crippen molar-refractivity contribution in [2.75, 3.05) is 26.2 Å². The highest BCUT2D eigenvalue weighted by atomic mass is 16.2. The minimum Gasteiger partial charge on any atom is -0.355 e. The third-order valence-corrected chi connectivity index (χ3v) is 3.99. The largest absolute Gasteiger partial charge is 0.355 e. The van der Waals surface area contributed by atoms with Gasteiger partial charge in [-0.1, -0.05) is 20.3 Å². The summed E-state index contributed by atoms with van der Waals surface area (Å²) in [6.45, 7) is 12.1. The van der Waals surface area contributed by atoms with Gasteiger partial charge in [-0.2, -0.15) is 0 Å². The standard InChI is InChI=1S/C16H33N3O/c1-13(2)8-10-18-16(20)12-19(14(3)4)11-15-7-5-6-9-17-15/h13-15,17H,5-12H2,1-4H3,(H,18,20). The van der Waals surface area contributed by atoms with Gasteiger partial charge in [0.25, 0.3) is 0 Å². The second-order valence-electron chi connectivity index (χ2n) is 6.70. The van der Waals surface area contributed by atoms with E-state index in [1.54, 1.807) is 0 Å². The fourth-order valence-corrected chi connectivity index (χ4v) is 2.56. The highest BCUT2D eigenvalue weighted by Gasteiger charge is 2.20. The fourth-order valence-electron chi connectivity index (χ4n) is 2.56. The highest BCUT2D eigenvalue weighted by Crippen LogP contribution is 2.10. The molecular formula is C16H33N3O. The minimum atomic E-state index is 0.162. The molecule has 1 aliphatic rings. The Kier molecular flexibility index (Phi) is 8.15. The van der Waals surface area contributed by atoms with Gasteiger partial charge in [0.05, 0.1) is 6.54 Å². The molecule has 0 aromatic rings. The monoisotopic (exact) mass is 283 g/mol. The van der Waals surface area contributed by atoms with E-state index in [0.29, 0.717) is 24.5 Å². The third kappa shape index (κ3) is 7.25. The van der Waals surface area contributed by atoms with E-state index in [4.69, 9.17) is 0 Å². The molecule has 0 aliphatic carbocycles. The SMILES string of the molecule is CC(C)CCNC(=O)CN(CC1CCCCN1)C(C)C. The molecule has 0 aromatic heterocycles. The van der Waals surface area contributed by atoms with E-state index in [9.17, 15) is 4.79 Å². The van der Waals surface area contributed by atoms with Crippen molar-refractivity contribution in [3.05, 3.63) is 0 Å². The predicted molar refractivity (Wildman–Crippen MR) is 84.8 cm³/mol. The predicted octanol–water partition coefficient (Wildman–Crippen LogP) is 2.00. The molecule has 0 aromatic carbocycles. The quantitative estimate of drug-likeness (QED) is 0.716. The summed E-state index contributed by atoms with van der Waals surface area (Å²) < 4.78 is 0. The first-order valence-corrected chi connectivity index (χ1v) is 8.23. The van der Waals surface area contributed by atoms with Crippen LogP contribution in [0.3, 0.4) is 0 Å². The zero-order chi connectivity index (χ0) is 15.0. The molecule has 0 bridgehead atoms. The summed E-state index contributed by atoms with van der Waals surface area (Å²) >= 11 is 0. The second kappa shape index (κ2) is 9.35. The van der Waals surface area contributed by atoms with E-state index >= 15 is 0 Å². The lowest BCUT2D eigenvalue weighted by molar-refractivity contribution is -0.122. The van der Waals surface area contributed by atoms with Gasteiger partial charge < -0.3 is 10.6 Å². The van der Waals surface area contributed by atoms with Crippen molar-refractivity contribution in [2.45, 2.75) is 65.5 Å². The highest BCUT2D eigenvalue weighted by molar-refractivity contribution is 5.78. The van der Waals surface area contributed by atoms with Gasteiger partial charge in [0.15, 0.2) is 0 Å². The Bertz CT molecular complexity index is 273. The van der Waals surface area contributed by atoms with Crippen LogP contribution in [0.15, 0.2) is 0 Å². The number of piperidine rings is 1. The van der Waals surface area contributed by atoms with Crippen LogP contribution in [0.2, 0.25) is 0 Å². The summed E-state index contributed by atoms with van der Waals surface area (Å²) in [5.41, 5.74) is 0. The van der Waals surface area contributed by atoms with Gasteiger partial charge in [0, 0.05) is 25.2 Å². The summed E-state index contributed by atoms with van der Waals surface area (Å²) in [5, 5.41) is 6.60. The maximum absolute atomic E-state index is 12.0. The molecule has 1 atom stereocenters. The number of hydrogen-bond donors (Lipinski definition) is 2. The molecule has 118 valence electrons. The molecule has 4 nitrogen and oxygen atoms in total. The number of amides is 1. The Morgan fingerprint density at radius 3 is 2.60 bits per heavy atom. The summed E-state index contributed by atoms with van der Waals surface area (Å²) in [6.07, 6.45) is 4.88. The second-order valence-corrected chi connectivity index (χ2v) is 6.70. The molecule has 1 amide bonds. The van der Waals surface area contributed by atoms with Crippen LogP contribution in [0.5, 0.6) is 0 Å². The number of rotatable bonds is 8. The number of hydrogen-bond acceptors (Lipinski definition) is 3. The van der Waals surface area contributed by atoms with Gasteiger partial charge in [0.2, 0.25) is 5.91 Å². The number of nitrogens with one attached hydrogen (secondary N) is 2. The molecule has 0 saturated carbocycles. The van der Waals surface area contributed by atoms with Crippen LogP contribution >= 0.6 is 0 Å². The van der Waals surface area contributed by atoms with Gasteiger partial charge in [-0.15, -0.1) is 0 Å². The zero-order valence-corrected chi connectivity index (χ0v) is 13.7. The Hall–Kier alpha value is -0.610. The lowest BCUT2D eigenvalue weighted by Crippen LogP contribution is -2.49. The van der Waals surface area contributed by atoms with Crippen LogP contribution in [-0.4, -0.2) is 49.1 Å². The summed E-state index contributed by atoms with van der Waals surface area (Å²) in [5.74, 6) is 0.804. The van der Waals surface area contributed by atoms with E-state index in [-0.39, 0.29) is 5.91 Å². The Morgan fingerprint density at radius 2 is 2.05 bits per heavy atom. The Labute approximate surface area is 124 Å². The van der Waals surface area contributed by atoms with Gasteiger partial charge >= 0.3 is 0 Å². The first-order chi connectivity index (χ1) is 9.49. The molecule has 1 heterocycles. The van der Waals surface area contributed by atoms with Gasteiger partial charge in [0.1, 0.15) is 0 Å². The minimum absolute atomic E-state index is 0.162. The van der Waals surface area contributed by atoms with Crippen LogP contribution in [0.4, 0.5) is 0 Å². The van der Waals surface area contributed by atoms with Crippen molar-refractivity contribution < 1.29 is 4.79 Å². The summed E-state index contributed by atoms with van der Waals surface area (Å²) in [7, 11) is 0. The van der Waals surface area contributed by atoms with Gasteiger partial charge in [-0.25, -0.2) is 0 Å². The number of carbonyl (C=O) groups excluding carboxylic acids is 1. The lowest BCUT2D eigenvalue weighted by atomic mass is 10.0. The fraction of sp³-hybridized carbons (Fsp3) is 0.938. The van der Waals surface area contributed by atoms with Crippen molar-refractivity contribution in [3.8, 4) is 0 Å². The molecular weight excluding hydrogens is 250 g/mol. The lowest BCUT2D eigenvalue weighted by Gasteiger charge is -2.32. The average Bonchev–Trinajstić information content (AvgIpc) is 2.38. The third-order valence-electron chi connectivity index (χ3n) is 3.99. The summed E-state index contributed by atoms with van der Waals surface area (Å²) in [4.78, 5) is 14.3. The van der Waals surface area contributed by atoms with Crippen molar-refractivity contribution in [1.82, 2.24) is 15.5 Å². The Morgan fingerprint density at radius 1 is 1.30 bits per heavy atom. The molecule has 2 N–H and O–H groups in total. The van der Waals surface area contributed by atoms with E-state index in [2.05, 4.69) is 43.2 Å². The maximum Gasteiger partial charge on any atom is 0.234 e. The van der Waals surface area contributed by atoms with Crippen molar-refractivity contribution in [2.24, 2.45) is 5.92 Å². The van der Waals surface area contributed by atoms with Crippen molar-refractivity contribution in [3.63, 3.8) is 0 Å². The van der Waals surface area contributed by atoms with Crippen LogP contribution in [0.1, 0.15) is 53.4 Å².